The summed E-state index contributed by atoms with van der Waals surface area (Å²) in [5, 5.41) is 0. The molecule has 1 saturated heterocycles. The first-order valence-electron chi connectivity index (χ1n) is 7.19. The van der Waals surface area contributed by atoms with Crippen molar-refractivity contribution in [2.75, 3.05) is 38.5 Å². The number of rotatable bonds is 4. The van der Waals surface area contributed by atoms with Crippen molar-refractivity contribution >= 4 is 5.69 Å². The van der Waals surface area contributed by atoms with Crippen molar-refractivity contribution in [2.45, 2.75) is 19.4 Å². The molecule has 0 aromatic heterocycles. The van der Waals surface area contributed by atoms with Gasteiger partial charge in [-0.1, -0.05) is 6.07 Å². The smallest absolute Gasteiger partial charge is 0.146 e. The van der Waals surface area contributed by atoms with Crippen LogP contribution in [0.25, 0.3) is 0 Å². The van der Waals surface area contributed by atoms with Gasteiger partial charge in [-0.05, 0) is 36.5 Å². The number of nitrogen functional groups attached to an aromatic ring is 1. The first-order valence-corrected chi connectivity index (χ1v) is 7.19. The van der Waals surface area contributed by atoms with E-state index in [9.17, 15) is 4.39 Å². The van der Waals surface area contributed by atoms with Gasteiger partial charge in [-0.3, -0.25) is 4.90 Å². The lowest BCUT2D eigenvalue weighted by Crippen LogP contribution is -2.46. The molecule has 2 N–H and O–H groups in total. The fraction of sp³-hybridized carbons (Fsp3) is 0.600. The van der Waals surface area contributed by atoms with E-state index in [2.05, 4.69) is 9.80 Å². The third-order valence-electron chi connectivity index (χ3n) is 4.15. The van der Waals surface area contributed by atoms with E-state index >= 15 is 0 Å². The molecule has 2 fully saturated rings. The number of piperazine rings is 1. The molecule has 1 saturated carbocycles. The van der Waals surface area contributed by atoms with Crippen molar-refractivity contribution in [3.8, 4) is 0 Å². The maximum atomic E-state index is 13.4. The van der Waals surface area contributed by atoms with Gasteiger partial charge in [-0.25, -0.2) is 4.39 Å². The zero-order chi connectivity index (χ0) is 13.2. The van der Waals surface area contributed by atoms with Gasteiger partial charge in [-0.2, -0.15) is 0 Å². The van der Waals surface area contributed by atoms with Crippen LogP contribution in [0.2, 0.25) is 0 Å². The van der Waals surface area contributed by atoms with E-state index in [0.717, 1.165) is 44.2 Å². The van der Waals surface area contributed by atoms with E-state index in [1.165, 1.54) is 19.4 Å². The quantitative estimate of drug-likeness (QED) is 0.843. The molecular weight excluding hydrogens is 241 g/mol. The van der Waals surface area contributed by atoms with Gasteiger partial charge in [0.1, 0.15) is 5.82 Å². The van der Waals surface area contributed by atoms with Crippen LogP contribution in [0.4, 0.5) is 10.1 Å². The third-order valence-corrected chi connectivity index (χ3v) is 4.15. The molecule has 0 atom stereocenters. The van der Waals surface area contributed by atoms with E-state index < -0.39 is 0 Å². The maximum Gasteiger partial charge on any atom is 0.146 e. The number of anilines is 1. The first kappa shape index (κ1) is 12.9. The zero-order valence-electron chi connectivity index (χ0n) is 11.3. The van der Waals surface area contributed by atoms with Crippen molar-refractivity contribution in [3.05, 3.63) is 29.6 Å². The number of nitrogens with zero attached hydrogens (tertiary/aromatic N) is 2. The minimum atomic E-state index is -0.301. The molecule has 3 rings (SSSR count). The van der Waals surface area contributed by atoms with Crippen LogP contribution < -0.4 is 5.73 Å². The molecule has 0 spiro atoms. The molecule has 19 heavy (non-hydrogen) atoms. The normalized spacial score (nSPS) is 21.7. The molecule has 1 aromatic carbocycles. The Morgan fingerprint density at radius 2 is 1.79 bits per heavy atom. The van der Waals surface area contributed by atoms with Gasteiger partial charge >= 0.3 is 0 Å². The van der Waals surface area contributed by atoms with Crippen LogP contribution in [0.15, 0.2) is 18.2 Å². The molecule has 4 heteroatoms. The second-order valence-electron chi connectivity index (χ2n) is 5.88. The van der Waals surface area contributed by atoms with E-state index in [0.29, 0.717) is 0 Å². The Morgan fingerprint density at radius 1 is 1.11 bits per heavy atom. The zero-order valence-corrected chi connectivity index (χ0v) is 11.3. The van der Waals surface area contributed by atoms with E-state index in [1.807, 2.05) is 6.07 Å². The summed E-state index contributed by atoms with van der Waals surface area (Å²) in [6, 6.07) is 5.15. The highest BCUT2D eigenvalue weighted by Crippen LogP contribution is 2.30. The van der Waals surface area contributed by atoms with Crippen molar-refractivity contribution in [3.63, 3.8) is 0 Å². The van der Waals surface area contributed by atoms with Gasteiger partial charge in [0.15, 0.2) is 0 Å². The van der Waals surface area contributed by atoms with Crippen LogP contribution in [0.1, 0.15) is 18.4 Å². The SMILES string of the molecule is Nc1ccc(CN2CCN(CC3CC3)CC2)cc1F. The summed E-state index contributed by atoms with van der Waals surface area (Å²) in [6.07, 6.45) is 2.84. The minimum Gasteiger partial charge on any atom is -0.396 e. The van der Waals surface area contributed by atoms with E-state index in [-0.39, 0.29) is 11.5 Å². The van der Waals surface area contributed by atoms with Gasteiger partial charge in [0, 0.05) is 39.3 Å². The Balaban J connectivity index is 1.49. The topological polar surface area (TPSA) is 32.5 Å². The monoisotopic (exact) mass is 263 g/mol. The van der Waals surface area contributed by atoms with Crippen LogP contribution in [-0.4, -0.2) is 42.5 Å². The predicted octanol–water partition coefficient (Wildman–Crippen LogP) is 1.94. The molecule has 104 valence electrons. The molecule has 1 aliphatic heterocycles. The molecule has 1 aromatic rings. The molecule has 1 heterocycles. The summed E-state index contributed by atoms with van der Waals surface area (Å²) >= 11 is 0. The lowest BCUT2D eigenvalue weighted by molar-refractivity contribution is 0.123. The summed E-state index contributed by atoms with van der Waals surface area (Å²) in [4.78, 5) is 4.96. The highest BCUT2D eigenvalue weighted by molar-refractivity contribution is 5.41. The van der Waals surface area contributed by atoms with Crippen LogP contribution >= 0.6 is 0 Å². The van der Waals surface area contributed by atoms with Gasteiger partial charge < -0.3 is 10.6 Å². The van der Waals surface area contributed by atoms with E-state index in [1.54, 1.807) is 12.1 Å². The molecule has 2 aliphatic rings. The molecule has 0 amide bonds. The maximum absolute atomic E-state index is 13.4. The fourth-order valence-electron chi connectivity index (χ4n) is 2.72. The van der Waals surface area contributed by atoms with E-state index in [4.69, 9.17) is 5.73 Å². The Kier molecular flexibility index (Phi) is 3.71. The number of halogens is 1. The Morgan fingerprint density at radius 3 is 2.42 bits per heavy atom. The second-order valence-corrected chi connectivity index (χ2v) is 5.88. The van der Waals surface area contributed by atoms with Gasteiger partial charge in [0.05, 0.1) is 5.69 Å². The Bertz CT molecular complexity index is 437. The lowest BCUT2D eigenvalue weighted by atomic mass is 10.1. The summed E-state index contributed by atoms with van der Waals surface area (Å²) in [7, 11) is 0. The summed E-state index contributed by atoms with van der Waals surface area (Å²) in [5.74, 6) is 0.669. The Labute approximate surface area is 114 Å². The summed E-state index contributed by atoms with van der Waals surface area (Å²) < 4.78 is 13.4. The molecule has 0 bridgehead atoms. The number of hydrogen-bond acceptors (Lipinski definition) is 3. The molecule has 3 nitrogen and oxygen atoms in total. The highest BCUT2D eigenvalue weighted by Gasteiger charge is 2.26. The largest absolute Gasteiger partial charge is 0.396 e. The molecular formula is C15H22FN3. The fourth-order valence-corrected chi connectivity index (χ4v) is 2.72. The molecule has 0 unspecified atom stereocenters. The van der Waals surface area contributed by atoms with Crippen molar-refractivity contribution in [1.29, 1.82) is 0 Å². The van der Waals surface area contributed by atoms with Gasteiger partial charge in [0.2, 0.25) is 0 Å². The van der Waals surface area contributed by atoms with Gasteiger partial charge in [-0.15, -0.1) is 0 Å². The third kappa shape index (κ3) is 3.45. The average Bonchev–Trinajstić information content (AvgIpc) is 3.20. The minimum absolute atomic E-state index is 0.234. The first-order chi connectivity index (χ1) is 9.20. The van der Waals surface area contributed by atoms with Gasteiger partial charge in [0.25, 0.3) is 0 Å². The van der Waals surface area contributed by atoms with Crippen molar-refractivity contribution in [2.24, 2.45) is 5.92 Å². The number of hydrogen-bond donors (Lipinski definition) is 1. The van der Waals surface area contributed by atoms with Crippen LogP contribution in [-0.2, 0) is 6.54 Å². The predicted molar refractivity (Wildman–Crippen MR) is 75.3 cm³/mol. The Hall–Kier alpha value is -1.13. The molecule has 1 aliphatic carbocycles. The highest BCUT2D eigenvalue weighted by atomic mass is 19.1. The summed E-state index contributed by atoms with van der Waals surface area (Å²) in [5.41, 5.74) is 6.75. The van der Waals surface area contributed by atoms with Crippen LogP contribution in [0, 0.1) is 11.7 Å². The lowest BCUT2D eigenvalue weighted by Gasteiger charge is -2.34. The number of nitrogens with two attached hydrogens (primary N) is 1. The van der Waals surface area contributed by atoms with Crippen LogP contribution in [0.5, 0.6) is 0 Å². The summed E-state index contributed by atoms with van der Waals surface area (Å²) in [6.45, 7) is 6.57. The second kappa shape index (κ2) is 5.47. The van der Waals surface area contributed by atoms with Crippen molar-refractivity contribution in [1.82, 2.24) is 9.80 Å². The number of benzene rings is 1. The standard InChI is InChI=1S/C15H22FN3/c16-14-9-13(3-4-15(14)17)11-19-7-5-18(6-8-19)10-12-1-2-12/h3-4,9,12H,1-2,5-8,10-11,17H2. The van der Waals surface area contributed by atoms with Crippen LogP contribution in [0.3, 0.4) is 0 Å². The molecule has 0 radical (unpaired) electrons. The van der Waals surface area contributed by atoms with Crippen molar-refractivity contribution < 1.29 is 4.39 Å². The average molecular weight is 263 g/mol.